The summed E-state index contributed by atoms with van der Waals surface area (Å²) < 4.78 is 26.1. The Bertz CT molecular complexity index is 504. The van der Waals surface area contributed by atoms with Gasteiger partial charge in [-0.15, -0.1) is 0 Å². The Kier molecular flexibility index (Phi) is 5.71. The second kappa shape index (κ2) is 7.54. The summed E-state index contributed by atoms with van der Waals surface area (Å²) in [6.07, 6.45) is 3.62. The lowest BCUT2D eigenvalue weighted by molar-refractivity contribution is 0.114. The van der Waals surface area contributed by atoms with Crippen molar-refractivity contribution in [2.24, 2.45) is 0 Å². The predicted molar refractivity (Wildman–Crippen MR) is 82.9 cm³/mol. The maximum Gasteiger partial charge on any atom is 0.319 e. The molecule has 0 radical (unpaired) electrons. The number of piperidine rings is 1. The van der Waals surface area contributed by atoms with E-state index in [0.717, 1.165) is 24.7 Å². The standard InChI is InChI=1S/C16H23F2N3O/c1-11-5-3-4-6-21(11)12(2)10-19-16(22)20-15-8-13(17)7-14(18)9-15/h7-9,11-12H,3-6,10H2,1-2H3,(H2,19,20,22)/t11-,12+/m1/s1. The van der Waals surface area contributed by atoms with Crippen LogP contribution in [-0.4, -0.2) is 36.1 Å². The van der Waals surface area contributed by atoms with Crippen molar-refractivity contribution in [1.82, 2.24) is 10.2 Å². The van der Waals surface area contributed by atoms with E-state index >= 15 is 0 Å². The molecule has 2 rings (SSSR count). The third kappa shape index (κ3) is 4.66. The molecule has 0 unspecified atom stereocenters. The van der Waals surface area contributed by atoms with Crippen molar-refractivity contribution in [2.45, 2.75) is 45.2 Å². The second-order valence-corrected chi connectivity index (χ2v) is 5.92. The van der Waals surface area contributed by atoms with E-state index in [2.05, 4.69) is 29.4 Å². The summed E-state index contributed by atoms with van der Waals surface area (Å²) in [7, 11) is 0. The Morgan fingerprint density at radius 2 is 2.00 bits per heavy atom. The van der Waals surface area contributed by atoms with Gasteiger partial charge in [0.15, 0.2) is 0 Å². The third-order valence-corrected chi connectivity index (χ3v) is 4.10. The molecule has 1 aromatic carbocycles. The van der Waals surface area contributed by atoms with E-state index in [9.17, 15) is 13.6 Å². The first-order valence-corrected chi connectivity index (χ1v) is 7.72. The molecule has 22 heavy (non-hydrogen) atoms. The zero-order valence-corrected chi connectivity index (χ0v) is 13.0. The average molecular weight is 311 g/mol. The predicted octanol–water partition coefficient (Wildman–Crippen LogP) is 3.35. The Morgan fingerprint density at radius 3 is 2.64 bits per heavy atom. The van der Waals surface area contributed by atoms with Crippen molar-refractivity contribution >= 4 is 11.7 Å². The molecule has 0 spiro atoms. The molecule has 2 N–H and O–H groups in total. The summed E-state index contributed by atoms with van der Waals surface area (Å²) in [6.45, 7) is 5.81. The van der Waals surface area contributed by atoms with E-state index in [-0.39, 0.29) is 11.7 Å². The van der Waals surface area contributed by atoms with Gasteiger partial charge in [-0.2, -0.15) is 0 Å². The first-order valence-electron chi connectivity index (χ1n) is 7.72. The Morgan fingerprint density at radius 1 is 1.32 bits per heavy atom. The molecule has 0 aliphatic carbocycles. The SMILES string of the molecule is C[C@@H]1CCCCN1[C@@H](C)CNC(=O)Nc1cc(F)cc(F)c1. The van der Waals surface area contributed by atoms with Gasteiger partial charge in [0.1, 0.15) is 11.6 Å². The van der Waals surface area contributed by atoms with Crippen molar-refractivity contribution < 1.29 is 13.6 Å². The van der Waals surface area contributed by atoms with Gasteiger partial charge in [0.05, 0.1) is 0 Å². The van der Waals surface area contributed by atoms with Crippen molar-refractivity contribution in [1.29, 1.82) is 0 Å². The highest BCUT2D eigenvalue weighted by molar-refractivity contribution is 5.89. The molecule has 1 saturated heterocycles. The summed E-state index contributed by atoms with van der Waals surface area (Å²) in [5.74, 6) is -1.43. The van der Waals surface area contributed by atoms with Crippen LogP contribution >= 0.6 is 0 Å². The molecule has 0 bridgehead atoms. The fourth-order valence-electron chi connectivity index (χ4n) is 2.93. The van der Waals surface area contributed by atoms with Crippen LogP contribution in [0.3, 0.4) is 0 Å². The number of halogens is 2. The lowest BCUT2D eigenvalue weighted by Crippen LogP contribution is -2.49. The second-order valence-electron chi connectivity index (χ2n) is 5.92. The molecule has 1 heterocycles. The summed E-state index contributed by atoms with van der Waals surface area (Å²) in [4.78, 5) is 14.2. The molecule has 4 nitrogen and oxygen atoms in total. The molecule has 0 saturated carbocycles. The molecular weight excluding hydrogens is 288 g/mol. The number of nitrogens with zero attached hydrogens (tertiary/aromatic N) is 1. The van der Waals surface area contributed by atoms with Gasteiger partial charge in [-0.1, -0.05) is 6.42 Å². The highest BCUT2D eigenvalue weighted by Gasteiger charge is 2.23. The van der Waals surface area contributed by atoms with Crippen molar-refractivity contribution in [3.8, 4) is 0 Å². The minimum atomic E-state index is -0.717. The Labute approximate surface area is 129 Å². The van der Waals surface area contributed by atoms with E-state index in [1.807, 2.05) is 0 Å². The summed E-state index contributed by atoms with van der Waals surface area (Å²) >= 11 is 0. The molecule has 1 aliphatic rings. The quantitative estimate of drug-likeness (QED) is 0.895. The number of anilines is 1. The van der Waals surface area contributed by atoms with E-state index in [1.54, 1.807) is 0 Å². The maximum absolute atomic E-state index is 13.1. The largest absolute Gasteiger partial charge is 0.336 e. The van der Waals surface area contributed by atoms with E-state index in [0.29, 0.717) is 12.6 Å². The number of hydrogen-bond acceptors (Lipinski definition) is 2. The zero-order chi connectivity index (χ0) is 16.1. The number of rotatable bonds is 4. The molecule has 6 heteroatoms. The average Bonchev–Trinajstić information content (AvgIpc) is 2.44. The Balaban J connectivity index is 1.81. The maximum atomic E-state index is 13.1. The van der Waals surface area contributed by atoms with E-state index in [4.69, 9.17) is 0 Å². The van der Waals surface area contributed by atoms with Crippen LogP contribution in [0.25, 0.3) is 0 Å². The first kappa shape index (κ1) is 16.7. The summed E-state index contributed by atoms with van der Waals surface area (Å²) in [5.41, 5.74) is 0.106. The van der Waals surface area contributed by atoms with Crippen LogP contribution in [0.4, 0.5) is 19.3 Å². The van der Waals surface area contributed by atoms with Gasteiger partial charge in [-0.25, -0.2) is 13.6 Å². The van der Waals surface area contributed by atoms with Crippen LogP contribution in [0.1, 0.15) is 33.1 Å². The van der Waals surface area contributed by atoms with E-state index < -0.39 is 17.7 Å². The molecule has 0 aromatic heterocycles. The van der Waals surface area contributed by atoms with E-state index in [1.165, 1.54) is 19.3 Å². The van der Waals surface area contributed by atoms with Crippen LogP contribution in [0.2, 0.25) is 0 Å². The molecular formula is C16H23F2N3O. The number of carbonyl (C=O) groups excluding carboxylic acids is 1. The van der Waals surface area contributed by atoms with Gasteiger partial charge in [0, 0.05) is 30.4 Å². The van der Waals surface area contributed by atoms with Gasteiger partial charge >= 0.3 is 6.03 Å². The molecule has 1 fully saturated rings. The van der Waals surface area contributed by atoms with Crippen molar-refractivity contribution in [3.63, 3.8) is 0 Å². The third-order valence-electron chi connectivity index (χ3n) is 4.10. The lowest BCUT2D eigenvalue weighted by atomic mass is 10.0. The fraction of sp³-hybridized carbons (Fsp3) is 0.562. The van der Waals surface area contributed by atoms with Gasteiger partial charge in [-0.3, -0.25) is 4.90 Å². The van der Waals surface area contributed by atoms with Gasteiger partial charge in [0.25, 0.3) is 0 Å². The molecule has 1 aliphatic heterocycles. The molecule has 122 valence electrons. The Hall–Kier alpha value is -1.69. The number of urea groups is 1. The monoisotopic (exact) mass is 311 g/mol. The summed E-state index contributed by atoms with van der Waals surface area (Å²) in [6, 6.07) is 3.22. The van der Waals surface area contributed by atoms with Gasteiger partial charge in [0.2, 0.25) is 0 Å². The van der Waals surface area contributed by atoms with Crippen LogP contribution in [-0.2, 0) is 0 Å². The molecule has 2 atom stereocenters. The molecule has 2 amide bonds. The van der Waals surface area contributed by atoms with Crippen LogP contribution in [0, 0.1) is 11.6 Å². The fourth-order valence-corrected chi connectivity index (χ4v) is 2.93. The zero-order valence-electron chi connectivity index (χ0n) is 13.0. The van der Waals surface area contributed by atoms with Crippen LogP contribution in [0.15, 0.2) is 18.2 Å². The number of likely N-dealkylation sites (tertiary alicyclic amines) is 1. The van der Waals surface area contributed by atoms with Crippen LogP contribution in [0.5, 0.6) is 0 Å². The minimum absolute atomic E-state index is 0.106. The topological polar surface area (TPSA) is 44.4 Å². The number of hydrogen-bond donors (Lipinski definition) is 2. The van der Waals surface area contributed by atoms with Gasteiger partial charge < -0.3 is 10.6 Å². The van der Waals surface area contributed by atoms with Crippen molar-refractivity contribution in [2.75, 3.05) is 18.4 Å². The van der Waals surface area contributed by atoms with Gasteiger partial charge in [-0.05, 0) is 45.4 Å². The smallest absolute Gasteiger partial charge is 0.319 e. The minimum Gasteiger partial charge on any atom is -0.336 e. The highest BCUT2D eigenvalue weighted by Crippen LogP contribution is 2.18. The first-order chi connectivity index (χ1) is 10.5. The number of carbonyl (C=O) groups is 1. The van der Waals surface area contributed by atoms with Crippen LogP contribution < -0.4 is 10.6 Å². The van der Waals surface area contributed by atoms with Crippen molar-refractivity contribution in [3.05, 3.63) is 29.8 Å². The lowest BCUT2D eigenvalue weighted by Gasteiger charge is -2.38. The highest BCUT2D eigenvalue weighted by atomic mass is 19.1. The normalized spacial score (nSPS) is 20.5. The number of benzene rings is 1. The number of amides is 2. The summed E-state index contributed by atoms with van der Waals surface area (Å²) in [5, 5.41) is 5.20. The number of nitrogens with one attached hydrogen (secondary N) is 2. The molecule has 1 aromatic rings.